The van der Waals surface area contributed by atoms with Gasteiger partial charge >= 0.3 is 5.97 Å². The van der Waals surface area contributed by atoms with Gasteiger partial charge in [-0.2, -0.15) is 0 Å². The molecule has 4 aromatic carbocycles. The number of hydrogen-bond donors (Lipinski definition) is 0. The first kappa shape index (κ1) is 19.4. The van der Waals surface area contributed by atoms with Crippen molar-refractivity contribution in [3.8, 4) is 5.75 Å². The second kappa shape index (κ2) is 9.05. The number of esters is 1. The van der Waals surface area contributed by atoms with Crippen LogP contribution in [0.25, 0.3) is 10.8 Å². The third kappa shape index (κ3) is 4.73. The number of fused-ring (bicyclic) bond motifs is 1. The van der Waals surface area contributed by atoms with Crippen molar-refractivity contribution in [1.29, 1.82) is 0 Å². The van der Waals surface area contributed by atoms with Crippen molar-refractivity contribution in [2.24, 2.45) is 0 Å². The lowest BCUT2D eigenvalue weighted by Gasteiger charge is -2.08. The molecular weight excluding hydrogens is 376 g/mol. The van der Waals surface area contributed by atoms with Crippen molar-refractivity contribution in [1.82, 2.24) is 0 Å². The number of Topliss-reactive ketones (excluding diaryl/α,β-unsaturated/α-hetero) is 1. The Balaban J connectivity index is 1.32. The normalized spacial score (nSPS) is 10.5. The molecular formula is C26H20O4. The van der Waals surface area contributed by atoms with E-state index in [-0.39, 0.29) is 12.4 Å². The summed E-state index contributed by atoms with van der Waals surface area (Å²) in [7, 11) is 0. The molecule has 4 aromatic rings. The molecule has 4 rings (SSSR count). The molecule has 4 heteroatoms. The Morgan fingerprint density at radius 1 is 0.667 bits per heavy atom. The molecule has 0 heterocycles. The van der Waals surface area contributed by atoms with Gasteiger partial charge in [0, 0.05) is 5.56 Å². The number of benzene rings is 4. The van der Waals surface area contributed by atoms with Gasteiger partial charge in [0.1, 0.15) is 12.4 Å². The molecule has 0 unspecified atom stereocenters. The molecule has 30 heavy (non-hydrogen) atoms. The molecule has 0 radical (unpaired) electrons. The monoisotopic (exact) mass is 396 g/mol. The number of carbonyl (C=O) groups is 2. The Morgan fingerprint density at radius 3 is 2.10 bits per heavy atom. The molecule has 0 amide bonds. The zero-order chi connectivity index (χ0) is 20.8. The number of hydrogen-bond acceptors (Lipinski definition) is 4. The third-order valence-electron chi connectivity index (χ3n) is 4.74. The Morgan fingerprint density at radius 2 is 1.33 bits per heavy atom. The van der Waals surface area contributed by atoms with Gasteiger partial charge in [0.2, 0.25) is 0 Å². The van der Waals surface area contributed by atoms with E-state index in [1.807, 2.05) is 66.7 Å². The molecule has 148 valence electrons. The molecule has 0 N–H and O–H groups in total. The predicted molar refractivity (Wildman–Crippen MR) is 116 cm³/mol. The summed E-state index contributed by atoms with van der Waals surface area (Å²) in [6.45, 7) is 0.147. The van der Waals surface area contributed by atoms with Gasteiger partial charge in [-0.1, -0.05) is 66.7 Å². The smallest absolute Gasteiger partial charge is 0.338 e. The van der Waals surface area contributed by atoms with Gasteiger partial charge in [-0.25, -0.2) is 4.79 Å². The number of carbonyl (C=O) groups excluding carboxylic acids is 2. The summed E-state index contributed by atoms with van der Waals surface area (Å²) >= 11 is 0. The Hall–Kier alpha value is -3.92. The van der Waals surface area contributed by atoms with Crippen LogP contribution in [-0.4, -0.2) is 18.4 Å². The average molecular weight is 396 g/mol. The molecule has 0 aromatic heterocycles. The molecule has 0 atom stereocenters. The standard InChI is InChI=1S/C26H20O4/c27-25(23-11-10-20-8-4-5-9-22(20)16-23)18-30-26(28)21-12-14-24(15-13-21)29-17-19-6-2-1-3-7-19/h1-16H,17-18H2. The highest BCUT2D eigenvalue weighted by molar-refractivity contribution is 6.02. The third-order valence-corrected chi connectivity index (χ3v) is 4.74. The van der Waals surface area contributed by atoms with Crippen LogP contribution in [0.5, 0.6) is 5.75 Å². The number of rotatable bonds is 7. The minimum absolute atomic E-state index is 0.239. The molecule has 0 spiro atoms. The second-order valence-corrected chi connectivity index (χ2v) is 6.86. The van der Waals surface area contributed by atoms with Crippen molar-refractivity contribution in [2.45, 2.75) is 6.61 Å². The summed E-state index contributed by atoms with van der Waals surface area (Å²) in [4.78, 5) is 24.7. The minimum atomic E-state index is -0.543. The SMILES string of the molecule is O=C(COC(=O)c1ccc(OCc2ccccc2)cc1)c1ccc2ccccc2c1. The van der Waals surface area contributed by atoms with E-state index in [1.54, 1.807) is 30.3 Å². The van der Waals surface area contributed by atoms with E-state index < -0.39 is 5.97 Å². The zero-order valence-corrected chi connectivity index (χ0v) is 16.3. The summed E-state index contributed by atoms with van der Waals surface area (Å²) in [6.07, 6.45) is 0. The van der Waals surface area contributed by atoms with Gasteiger partial charge in [-0.15, -0.1) is 0 Å². The fraction of sp³-hybridized carbons (Fsp3) is 0.0769. The average Bonchev–Trinajstić information content (AvgIpc) is 2.81. The Labute approximate surface area is 174 Å². The fourth-order valence-corrected chi connectivity index (χ4v) is 3.09. The van der Waals surface area contributed by atoms with Crippen LogP contribution >= 0.6 is 0 Å². The zero-order valence-electron chi connectivity index (χ0n) is 16.3. The van der Waals surface area contributed by atoms with E-state index in [9.17, 15) is 9.59 Å². The van der Waals surface area contributed by atoms with Crippen LogP contribution in [0.15, 0.2) is 97.1 Å². The summed E-state index contributed by atoms with van der Waals surface area (Å²) in [5, 5.41) is 2.03. The van der Waals surface area contributed by atoms with Crippen molar-refractivity contribution < 1.29 is 19.1 Å². The van der Waals surface area contributed by atoms with Crippen molar-refractivity contribution in [3.63, 3.8) is 0 Å². The lowest BCUT2D eigenvalue weighted by molar-refractivity contribution is 0.0474. The largest absolute Gasteiger partial charge is 0.489 e. The molecule has 0 fully saturated rings. The molecule has 0 bridgehead atoms. The van der Waals surface area contributed by atoms with Crippen LogP contribution < -0.4 is 4.74 Å². The van der Waals surface area contributed by atoms with E-state index in [0.717, 1.165) is 16.3 Å². The van der Waals surface area contributed by atoms with E-state index >= 15 is 0 Å². The highest BCUT2D eigenvalue weighted by Crippen LogP contribution is 2.17. The van der Waals surface area contributed by atoms with E-state index in [0.29, 0.717) is 23.5 Å². The Kier molecular flexibility index (Phi) is 5.85. The summed E-state index contributed by atoms with van der Waals surface area (Å²) in [5.41, 5.74) is 1.95. The second-order valence-electron chi connectivity index (χ2n) is 6.86. The van der Waals surface area contributed by atoms with Gasteiger partial charge in [-0.05, 0) is 46.7 Å². The maximum Gasteiger partial charge on any atom is 0.338 e. The van der Waals surface area contributed by atoms with Crippen LogP contribution in [0.2, 0.25) is 0 Å². The first-order valence-corrected chi connectivity index (χ1v) is 9.65. The highest BCUT2D eigenvalue weighted by atomic mass is 16.5. The number of ether oxygens (including phenoxy) is 2. The summed E-state index contributed by atoms with van der Waals surface area (Å²) < 4.78 is 10.9. The van der Waals surface area contributed by atoms with Crippen molar-refractivity contribution in [3.05, 3.63) is 114 Å². The van der Waals surface area contributed by atoms with E-state index in [1.165, 1.54) is 0 Å². The van der Waals surface area contributed by atoms with E-state index in [4.69, 9.17) is 9.47 Å². The van der Waals surface area contributed by atoms with Crippen molar-refractivity contribution in [2.75, 3.05) is 6.61 Å². The molecule has 0 aliphatic heterocycles. The Bertz CT molecular complexity index is 1160. The highest BCUT2D eigenvalue weighted by Gasteiger charge is 2.12. The van der Waals surface area contributed by atoms with Gasteiger partial charge in [0.15, 0.2) is 12.4 Å². The predicted octanol–water partition coefficient (Wildman–Crippen LogP) is 5.46. The molecule has 0 aliphatic rings. The van der Waals surface area contributed by atoms with Crippen molar-refractivity contribution >= 4 is 22.5 Å². The van der Waals surface area contributed by atoms with Crippen LogP contribution in [0.4, 0.5) is 0 Å². The van der Waals surface area contributed by atoms with Crippen LogP contribution in [-0.2, 0) is 11.3 Å². The maximum absolute atomic E-state index is 12.4. The summed E-state index contributed by atoms with van der Waals surface area (Å²) in [6, 6.07) is 29.8. The lowest BCUT2D eigenvalue weighted by atomic mass is 10.0. The number of ketones is 1. The molecule has 0 saturated carbocycles. The van der Waals surface area contributed by atoms with Crippen LogP contribution in [0, 0.1) is 0 Å². The topological polar surface area (TPSA) is 52.6 Å². The van der Waals surface area contributed by atoms with E-state index in [2.05, 4.69) is 0 Å². The maximum atomic E-state index is 12.4. The quantitative estimate of drug-likeness (QED) is 0.308. The van der Waals surface area contributed by atoms with Gasteiger partial charge in [-0.3, -0.25) is 4.79 Å². The first-order valence-electron chi connectivity index (χ1n) is 9.65. The summed E-state index contributed by atoms with van der Waals surface area (Å²) in [5.74, 6) is -0.127. The van der Waals surface area contributed by atoms with Crippen LogP contribution in [0.1, 0.15) is 26.3 Å². The fourth-order valence-electron chi connectivity index (χ4n) is 3.09. The van der Waals surface area contributed by atoms with Gasteiger partial charge < -0.3 is 9.47 Å². The minimum Gasteiger partial charge on any atom is -0.489 e. The first-order chi connectivity index (χ1) is 14.7. The van der Waals surface area contributed by atoms with Gasteiger partial charge in [0.25, 0.3) is 0 Å². The molecule has 0 saturated heterocycles. The van der Waals surface area contributed by atoms with Gasteiger partial charge in [0.05, 0.1) is 5.56 Å². The molecule has 0 aliphatic carbocycles. The van der Waals surface area contributed by atoms with Crippen LogP contribution in [0.3, 0.4) is 0 Å². The lowest BCUT2D eigenvalue weighted by Crippen LogP contribution is -2.14. The molecule has 4 nitrogen and oxygen atoms in total.